The van der Waals surface area contributed by atoms with Gasteiger partial charge in [-0.25, -0.2) is 4.98 Å². The maximum Gasteiger partial charge on any atom is 0.573 e. The van der Waals surface area contributed by atoms with E-state index in [1.807, 2.05) is 0 Å². The van der Waals surface area contributed by atoms with Crippen LogP contribution < -0.4 is 10.5 Å². The van der Waals surface area contributed by atoms with Crippen molar-refractivity contribution in [2.24, 2.45) is 5.73 Å². The molecule has 0 radical (unpaired) electrons. The number of alkyl halides is 6. The Labute approximate surface area is 102 Å². The summed E-state index contributed by atoms with van der Waals surface area (Å²) in [5, 5.41) is 0. The molecular formula is C9H6F6N2O2. The molecule has 0 atom stereocenters. The van der Waals surface area contributed by atoms with E-state index in [1.54, 1.807) is 0 Å². The van der Waals surface area contributed by atoms with E-state index in [0.717, 1.165) is 0 Å². The van der Waals surface area contributed by atoms with Crippen molar-refractivity contribution >= 4 is 6.29 Å². The standard InChI is InChI=1S/C9H6F6N2O2/c10-8(11,12)7-5(2-16)17-4(3-18)1-6(7)19-9(13,14)15/h1,3H,2,16H2. The van der Waals surface area contributed by atoms with Gasteiger partial charge in [-0.3, -0.25) is 4.79 Å². The Morgan fingerprint density at radius 1 is 1.26 bits per heavy atom. The molecule has 1 aromatic heterocycles. The highest BCUT2D eigenvalue weighted by molar-refractivity contribution is 5.73. The Morgan fingerprint density at radius 3 is 2.21 bits per heavy atom. The molecule has 0 unspecified atom stereocenters. The summed E-state index contributed by atoms with van der Waals surface area (Å²) < 4.78 is 77.5. The first-order valence-electron chi connectivity index (χ1n) is 4.60. The second-order valence-electron chi connectivity index (χ2n) is 3.23. The lowest BCUT2D eigenvalue weighted by Crippen LogP contribution is -2.23. The number of pyridine rings is 1. The molecule has 0 fully saturated rings. The maximum absolute atomic E-state index is 12.7. The van der Waals surface area contributed by atoms with Gasteiger partial charge in [0.05, 0.1) is 5.69 Å². The number of aldehydes is 1. The minimum absolute atomic E-state index is 0.0114. The third kappa shape index (κ3) is 3.81. The van der Waals surface area contributed by atoms with Crippen LogP contribution in [0.25, 0.3) is 0 Å². The molecular weight excluding hydrogens is 282 g/mol. The summed E-state index contributed by atoms with van der Waals surface area (Å²) in [6, 6.07) is 0.252. The van der Waals surface area contributed by atoms with Gasteiger partial charge in [0, 0.05) is 12.6 Å². The Hall–Kier alpha value is -1.84. The Bertz CT molecular complexity index is 483. The normalized spacial score (nSPS) is 12.4. The molecule has 106 valence electrons. The van der Waals surface area contributed by atoms with Crippen molar-refractivity contribution in [3.8, 4) is 5.75 Å². The number of hydrogen-bond acceptors (Lipinski definition) is 4. The van der Waals surface area contributed by atoms with Crippen LogP contribution in [0.15, 0.2) is 6.07 Å². The summed E-state index contributed by atoms with van der Waals surface area (Å²) in [5.74, 6) is -1.56. The molecule has 0 aliphatic heterocycles. The van der Waals surface area contributed by atoms with Crippen LogP contribution in [-0.2, 0) is 12.7 Å². The third-order valence-corrected chi connectivity index (χ3v) is 1.90. The van der Waals surface area contributed by atoms with E-state index in [1.165, 1.54) is 0 Å². The van der Waals surface area contributed by atoms with Gasteiger partial charge in [0.15, 0.2) is 6.29 Å². The van der Waals surface area contributed by atoms with Crippen molar-refractivity contribution in [2.75, 3.05) is 0 Å². The second-order valence-corrected chi connectivity index (χ2v) is 3.23. The summed E-state index contributed by atoms with van der Waals surface area (Å²) in [6.45, 7) is -0.801. The molecule has 0 spiro atoms. The number of carbonyl (C=O) groups excluding carboxylic acids is 1. The zero-order valence-corrected chi connectivity index (χ0v) is 8.97. The Kier molecular flexibility index (Phi) is 4.03. The van der Waals surface area contributed by atoms with Gasteiger partial charge in [0.25, 0.3) is 0 Å². The summed E-state index contributed by atoms with van der Waals surface area (Å²) in [5.41, 5.74) is 1.68. The Balaban J connectivity index is 3.51. The quantitative estimate of drug-likeness (QED) is 0.684. The van der Waals surface area contributed by atoms with Crippen LogP contribution in [0, 0.1) is 0 Å². The van der Waals surface area contributed by atoms with E-state index >= 15 is 0 Å². The smallest absolute Gasteiger partial charge is 0.405 e. The van der Waals surface area contributed by atoms with Gasteiger partial charge in [-0.05, 0) is 0 Å². The van der Waals surface area contributed by atoms with Crippen molar-refractivity contribution in [1.82, 2.24) is 4.98 Å². The number of ether oxygens (including phenoxy) is 1. The monoisotopic (exact) mass is 288 g/mol. The lowest BCUT2D eigenvalue weighted by molar-refractivity contribution is -0.276. The van der Waals surface area contributed by atoms with Crippen LogP contribution >= 0.6 is 0 Å². The molecule has 19 heavy (non-hydrogen) atoms. The zero-order valence-electron chi connectivity index (χ0n) is 8.97. The fourth-order valence-electron chi connectivity index (χ4n) is 1.31. The van der Waals surface area contributed by atoms with E-state index in [4.69, 9.17) is 5.73 Å². The SMILES string of the molecule is NCc1nc(C=O)cc(OC(F)(F)F)c1C(F)(F)F. The molecule has 1 heterocycles. The first-order chi connectivity index (χ1) is 8.58. The average molecular weight is 288 g/mol. The van der Waals surface area contributed by atoms with Crippen LogP contribution in [0.2, 0.25) is 0 Å². The van der Waals surface area contributed by atoms with E-state index in [0.29, 0.717) is 0 Å². The van der Waals surface area contributed by atoms with Gasteiger partial charge < -0.3 is 10.5 Å². The van der Waals surface area contributed by atoms with Gasteiger partial charge in [-0.15, -0.1) is 13.2 Å². The van der Waals surface area contributed by atoms with Crippen molar-refractivity contribution in [2.45, 2.75) is 19.1 Å². The number of carbonyl (C=O) groups is 1. The van der Waals surface area contributed by atoms with E-state index in [-0.39, 0.29) is 12.4 Å². The minimum Gasteiger partial charge on any atom is -0.405 e. The molecule has 0 saturated heterocycles. The van der Waals surface area contributed by atoms with Crippen LogP contribution in [0.1, 0.15) is 21.7 Å². The fourth-order valence-corrected chi connectivity index (χ4v) is 1.31. The van der Waals surface area contributed by atoms with Gasteiger partial charge in [0.2, 0.25) is 0 Å². The molecule has 1 aromatic rings. The lowest BCUT2D eigenvalue weighted by Gasteiger charge is -2.17. The molecule has 0 saturated carbocycles. The van der Waals surface area contributed by atoms with Crippen molar-refractivity contribution in [3.63, 3.8) is 0 Å². The van der Waals surface area contributed by atoms with E-state index in [9.17, 15) is 31.1 Å². The predicted molar refractivity (Wildman–Crippen MR) is 49.2 cm³/mol. The molecule has 1 rings (SSSR count). The minimum atomic E-state index is -5.34. The van der Waals surface area contributed by atoms with Gasteiger partial charge >= 0.3 is 12.5 Å². The second kappa shape index (κ2) is 5.03. The maximum atomic E-state index is 12.7. The number of rotatable bonds is 3. The average Bonchev–Trinajstić information content (AvgIpc) is 2.23. The molecule has 0 aliphatic carbocycles. The molecule has 10 heteroatoms. The van der Waals surface area contributed by atoms with Crippen molar-refractivity contribution in [1.29, 1.82) is 0 Å². The van der Waals surface area contributed by atoms with E-state index < -0.39 is 41.8 Å². The predicted octanol–water partition coefficient (Wildman–Crippen LogP) is 2.27. The van der Waals surface area contributed by atoms with Crippen LogP contribution in [0.3, 0.4) is 0 Å². The highest BCUT2D eigenvalue weighted by atomic mass is 19.4. The number of nitrogens with two attached hydrogens (primary N) is 1. The third-order valence-electron chi connectivity index (χ3n) is 1.90. The molecule has 0 bridgehead atoms. The number of aromatic nitrogens is 1. The topological polar surface area (TPSA) is 65.2 Å². The highest BCUT2D eigenvalue weighted by Crippen LogP contribution is 2.40. The number of nitrogens with zero attached hydrogens (tertiary/aromatic N) is 1. The zero-order chi connectivity index (χ0) is 14.8. The molecule has 2 N–H and O–H groups in total. The number of halogens is 6. The van der Waals surface area contributed by atoms with Crippen LogP contribution in [0.5, 0.6) is 5.75 Å². The lowest BCUT2D eigenvalue weighted by atomic mass is 10.1. The van der Waals surface area contributed by atoms with Crippen molar-refractivity contribution in [3.05, 3.63) is 23.0 Å². The summed E-state index contributed by atoms with van der Waals surface area (Å²) in [7, 11) is 0. The van der Waals surface area contributed by atoms with Gasteiger partial charge in [-0.1, -0.05) is 0 Å². The summed E-state index contributed by atoms with van der Waals surface area (Å²) >= 11 is 0. The molecule has 4 nitrogen and oxygen atoms in total. The van der Waals surface area contributed by atoms with Gasteiger partial charge in [0.1, 0.15) is 17.0 Å². The van der Waals surface area contributed by atoms with Gasteiger partial charge in [-0.2, -0.15) is 13.2 Å². The fraction of sp³-hybridized carbons (Fsp3) is 0.333. The Morgan fingerprint density at radius 2 is 1.84 bits per heavy atom. The molecule has 0 amide bonds. The first kappa shape index (κ1) is 15.2. The molecule has 0 aromatic carbocycles. The highest BCUT2D eigenvalue weighted by Gasteiger charge is 2.42. The van der Waals surface area contributed by atoms with Crippen LogP contribution in [-0.4, -0.2) is 17.6 Å². The van der Waals surface area contributed by atoms with Crippen molar-refractivity contribution < 1.29 is 35.9 Å². The molecule has 0 aliphatic rings. The van der Waals surface area contributed by atoms with E-state index in [2.05, 4.69) is 9.72 Å². The van der Waals surface area contributed by atoms with Crippen LogP contribution in [0.4, 0.5) is 26.3 Å². The number of hydrogen-bond donors (Lipinski definition) is 1. The summed E-state index contributed by atoms with van der Waals surface area (Å²) in [6.07, 6.45) is -10.5. The summed E-state index contributed by atoms with van der Waals surface area (Å²) in [4.78, 5) is 13.6. The first-order valence-corrected chi connectivity index (χ1v) is 4.60. The largest absolute Gasteiger partial charge is 0.573 e.